The van der Waals surface area contributed by atoms with Gasteiger partial charge in [-0.1, -0.05) is 55.3 Å². The van der Waals surface area contributed by atoms with E-state index in [-0.39, 0.29) is 30.8 Å². The molecule has 0 spiro atoms. The lowest BCUT2D eigenvalue weighted by atomic mass is 9.64. The van der Waals surface area contributed by atoms with Crippen LogP contribution in [0.4, 0.5) is 13.2 Å². The summed E-state index contributed by atoms with van der Waals surface area (Å²) in [5, 5.41) is 22.9. The van der Waals surface area contributed by atoms with E-state index < -0.39 is 36.4 Å². The molecule has 2 unspecified atom stereocenters. The molecule has 4 rings (SSSR count). The van der Waals surface area contributed by atoms with Gasteiger partial charge in [0.05, 0.1) is 13.0 Å². The molecule has 2 fully saturated rings. The first-order valence-corrected chi connectivity index (χ1v) is 13.8. The van der Waals surface area contributed by atoms with Crippen molar-refractivity contribution in [1.82, 2.24) is 9.80 Å². The fraction of sp³-hybridized carbons (Fsp3) is 0.607. The van der Waals surface area contributed by atoms with Gasteiger partial charge in [0, 0.05) is 40.0 Å². The zero-order valence-electron chi connectivity index (χ0n) is 21.6. The molecule has 1 aromatic carbocycles. The molecule has 0 radical (unpaired) electrons. The summed E-state index contributed by atoms with van der Waals surface area (Å²) >= 11 is 12.7. The van der Waals surface area contributed by atoms with Crippen molar-refractivity contribution in [1.29, 1.82) is 0 Å². The maximum Gasteiger partial charge on any atom is 0.401 e. The molecule has 38 heavy (non-hydrogen) atoms. The van der Waals surface area contributed by atoms with Gasteiger partial charge in [-0.25, -0.2) is 0 Å². The van der Waals surface area contributed by atoms with E-state index in [1.54, 1.807) is 13.0 Å². The lowest BCUT2D eigenvalue weighted by molar-refractivity contribution is -0.183. The average Bonchev–Trinajstić information content (AvgIpc) is 2.79. The highest BCUT2D eigenvalue weighted by Crippen LogP contribution is 2.52. The summed E-state index contributed by atoms with van der Waals surface area (Å²) in [5.74, 6) is -1.23. The Morgan fingerprint density at radius 2 is 1.97 bits per heavy atom. The quantitative estimate of drug-likeness (QED) is 0.411. The number of aliphatic hydroxyl groups excluding tert-OH is 1. The largest absolute Gasteiger partial charge is 0.481 e. The number of hydrogen-bond donors (Lipinski definition) is 2. The third-order valence-corrected chi connectivity index (χ3v) is 8.82. The average molecular weight is 575 g/mol. The molecule has 2 heterocycles. The lowest BCUT2D eigenvalue weighted by Crippen LogP contribution is -2.65. The number of allylic oxidation sites excluding steroid dienone is 3. The number of rotatable bonds is 6. The molecule has 3 aliphatic rings. The predicted octanol–water partition coefficient (Wildman–Crippen LogP) is 6.41. The Morgan fingerprint density at radius 1 is 1.24 bits per heavy atom. The number of nitrogens with zero attached hydrogens (tertiary/aromatic N) is 2. The van der Waals surface area contributed by atoms with Crippen LogP contribution in [0.1, 0.15) is 57.4 Å². The molecule has 0 aromatic heterocycles. The number of alkyl halides is 3. The van der Waals surface area contributed by atoms with Crippen LogP contribution in [0.3, 0.4) is 0 Å². The number of aliphatic hydroxyl groups is 1. The fourth-order valence-electron chi connectivity index (χ4n) is 6.71. The van der Waals surface area contributed by atoms with Gasteiger partial charge in [0.1, 0.15) is 6.23 Å². The van der Waals surface area contributed by atoms with Gasteiger partial charge in [-0.2, -0.15) is 13.2 Å². The lowest BCUT2D eigenvalue weighted by Gasteiger charge is -2.58. The Kier molecular flexibility index (Phi) is 8.89. The number of carbonyl (C=O) groups is 1. The summed E-state index contributed by atoms with van der Waals surface area (Å²) in [5.41, 5.74) is 0.907. The van der Waals surface area contributed by atoms with Gasteiger partial charge in [-0.05, 0) is 67.5 Å². The van der Waals surface area contributed by atoms with E-state index >= 15 is 0 Å². The van der Waals surface area contributed by atoms with Gasteiger partial charge < -0.3 is 10.2 Å². The van der Waals surface area contributed by atoms with Gasteiger partial charge in [0.25, 0.3) is 0 Å². The number of piperidine rings is 2. The second-order valence-electron chi connectivity index (χ2n) is 11.4. The van der Waals surface area contributed by atoms with E-state index in [9.17, 15) is 28.2 Å². The summed E-state index contributed by atoms with van der Waals surface area (Å²) in [7, 11) is 0. The Morgan fingerprint density at radius 3 is 2.61 bits per heavy atom. The molecule has 10 heteroatoms. The van der Waals surface area contributed by atoms with Crippen molar-refractivity contribution in [2.75, 3.05) is 19.6 Å². The van der Waals surface area contributed by atoms with E-state index in [0.717, 1.165) is 11.1 Å². The third-order valence-electron chi connectivity index (χ3n) is 8.30. The van der Waals surface area contributed by atoms with Crippen LogP contribution in [0.5, 0.6) is 0 Å². The van der Waals surface area contributed by atoms with Crippen molar-refractivity contribution < 1.29 is 28.2 Å². The summed E-state index contributed by atoms with van der Waals surface area (Å²) in [4.78, 5) is 15.3. The van der Waals surface area contributed by atoms with Gasteiger partial charge >= 0.3 is 12.1 Å². The van der Waals surface area contributed by atoms with Crippen molar-refractivity contribution in [3.8, 4) is 0 Å². The SMILES string of the molecule is CC1CC(Cl)=CC=C1[C@@H]1[C@@H](c2cccc(Cl)c2)C[C@](C)(CC(=O)O)C(O)N1[C@H]1CCCN(CC(F)(F)F)C1. The molecule has 2 N–H and O–H groups in total. The van der Waals surface area contributed by atoms with E-state index in [0.29, 0.717) is 42.3 Å². The zero-order chi connectivity index (χ0) is 27.8. The molecule has 1 aliphatic carbocycles. The van der Waals surface area contributed by atoms with Gasteiger partial charge in [0.2, 0.25) is 0 Å². The zero-order valence-corrected chi connectivity index (χ0v) is 23.1. The van der Waals surface area contributed by atoms with Gasteiger partial charge in [-0.15, -0.1) is 0 Å². The molecule has 0 saturated carbocycles. The topological polar surface area (TPSA) is 64.0 Å². The minimum atomic E-state index is -4.33. The Balaban J connectivity index is 1.84. The van der Waals surface area contributed by atoms with Gasteiger partial charge in [-0.3, -0.25) is 14.6 Å². The second-order valence-corrected chi connectivity index (χ2v) is 12.3. The number of likely N-dealkylation sites (tertiary alicyclic amines) is 2. The first-order valence-electron chi connectivity index (χ1n) is 13.1. The Hall–Kier alpha value is -1.58. The minimum absolute atomic E-state index is 0.0348. The van der Waals surface area contributed by atoms with Crippen molar-refractivity contribution in [2.45, 2.75) is 76.4 Å². The molecule has 210 valence electrons. The normalized spacial score (nSPS) is 33.5. The first kappa shape index (κ1) is 29.4. The van der Waals surface area contributed by atoms with Crippen molar-refractivity contribution in [3.63, 3.8) is 0 Å². The summed E-state index contributed by atoms with van der Waals surface area (Å²) in [6, 6.07) is 6.68. The predicted molar refractivity (Wildman–Crippen MR) is 142 cm³/mol. The smallest absolute Gasteiger partial charge is 0.401 e. The van der Waals surface area contributed by atoms with Crippen LogP contribution in [0.2, 0.25) is 5.02 Å². The van der Waals surface area contributed by atoms with Crippen molar-refractivity contribution >= 4 is 29.2 Å². The Labute approximate surface area is 231 Å². The van der Waals surface area contributed by atoms with Crippen LogP contribution in [-0.2, 0) is 4.79 Å². The maximum absolute atomic E-state index is 13.3. The molecule has 5 nitrogen and oxygen atoms in total. The van der Waals surface area contributed by atoms with Crippen LogP contribution < -0.4 is 0 Å². The number of hydrogen-bond acceptors (Lipinski definition) is 4. The maximum atomic E-state index is 13.3. The van der Waals surface area contributed by atoms with Crippen LogP contribution in [0.25, 0.3) is 0 Å². The van der Waals surface area contributed by atoms with Crippen molar-refractivity contribution in [2.24, 2.45) is 11.3 Å². The molecule has 0 amide bonds. The highest BCUT2D eigenvalue weighted by molar-refractivity contribution is 6.30. The monoisotopic (exact) mass is 574 g/mol. The molecule has 0 bridgehead atoms. The van der Waals surface area contributed by atoms with E-state index in [2.05, 4.69) is 6.92 Å². The first-order chi connectivity index (χ1) is 17.8. The molecular formula is C28H35Cl2F3N2O3. The van der Waals surface area contributed by atoms with E-state index in [1.165, 1.54) is 4.90 Å². The van der Waals surface area contributed by atoms with Crippen LogP contribution in [0.15, 0.2) is 47.0 Å². The molecule has 1 aromatic rings. The number of carboxylic acid groups (broad SMARTS) is 1. The molecule has 2 saturated heterocycles. The highest BCUT2D eigenvalue weighted by atomic mass is 35.5. The third kappa shape index (κ3) is 6.58. The number of aliphatic carboxylic acids is 1. The standard InChI is InChI=1S/C28H35Cl2F3N2O3/c1-17-11-20(30)8-9-22(17)25-23(18-5-3-6-19(29)12-18)13-27(2,14-24(36)37)26(38)35(25)21-7-4-10-34(15-21)16-28(31,32)33/h3,5-6,8-9,12,17,21,23,25-26,38H,4,7,10-11,13-16H2,1-2H3,(H,36,37)/t17?,21-,23+,25+,26?,27+/m0/s1. The number of halogens is 5. The molecule has 2 aliphatic heterocycles. The second kappa shape index (κ2) is 11.5. The number of benzene rings is 1. The van der Waals surface area contributed by atoms with E-state index in [1.807, 2.05) is 35.3 Å². The Bertz CT molecular complexity index is 1100. The highest BCUT2D eigenvalue weighted by Gasteiger charge is 2.54. The summed E-state index contributed by atoms with van der Waals surface area (Å²) in [6.45, 7) is 3.27. The van der Waals surface area contributed by atoms with Crippen LogP contribution >= 0.6 is 23.2 Å². The van der Waals surface area contributed by atoms with Crippen LogP contribution in [-0.4, -0.2) is 70.1 Å². The summed E-state index contributed by atoms with van der Waals surface area (Å²) in [6.07, 6.45) is 0.200. The van der Waals surface area contributed by atoms with E-state index in [4.69, 9.17) is 23.2 Å². The van der Waals surface area contributed by atoms with Crippen LogP contribution in [0, 0.1) is 11.3 Å². The summed E-state index contributed by atoms with van der Waals surface area (Å²) < 4.78 is 40.0. The fourth-order valence-corrected chi connectivity index (χ4v) is 7.20. The van der Waals surface area contributed by atoms with Crippen molar-refractivity contribution in [3.05, 3.63) is 57.6 Å². The minimum Gasteiger partial charge on any atom is -0.481 e. The number of carboxylic acids is 1. The molecular weight excluding hydrogens is 540 g/mol. The van der Waals surface area contributed by atoms with Gasteiger partial charge in [0.15, 0.2) is 0 Å². The molecule has 6 atom stereocenters.